The Morgan fingerprint density at radius 2 is 2.00 bits per heavy atom. The Kier molecular flexibility index (Phi) is 2.69. The van der Waals surface area contributed by atoms with Gasteiger partial charge in [0.25, 0.3) is 0 Å². The van der Waals surface area contributed by atoms with Crippen molar-refractivity contribution < 1.29 is 0 Å². The van der Waals surface area contributed by atoms with E-state index < -0.39 is 0 Å². The van der Waals surface area contributed by atoms with Crippen molar-refractivity contribution in [2.24, 2.45) is 5.92 Å². The highest BCUT2D eigenvalue weighted by molar-refractivity contribution is 4.89. The van der Waals surface area contributed by atoms with Crippen LogP contribution in [0, 0.1) is 5.92 Å². The second kappa shape index (κ2) is 3.78. The molecule has 1 heteroatoms. The summed E-state index contributed by atoms with van der Waals surface area (Å²) in [4.78, 5) is 0. The molecule has 70 valence electrons. The topological polar surface area (TPSA) is 12.0 Å². The molecule has 0 aromatic rings. The highest BCUT2D eigenvalue weighted by Crippen LogP contribution is 2.33. The summed E-state index contributed by atoms with van der Waals surface area (Å²) in [7, 11) is 0. The Hall–Kier alpha value is -0.0400. The maximum absolute atomic E-state index is 3.79. The lowest BCUT2D eigenvalue weighted by molar-refractivity contribution is 0.217. The van der Waals surface area contributed by atoms with Gasteiger partial charge in [-0.3, -0.25) is 0 Å². The van der Waals surface area contributed by atoms with Gasteiger partial charge in [-0.15, -0.1) is 0 Å². The molecule has 0 spiro atoms. The van der Waals surface area contributed by atoms with E-state index in [1.807, 2.05) is 0 Å². The molecule has 0 bridgehead atoms. The largest absolute Gasteiger partial charge is 0.311 e. The van der Waals surface area contributed by atoms with Crippen LogP contribution in [0.2, 0.25) is 0 Å². The summed E-state index contributed by atoms with van der Waals surface area (Å²) in [5.74, 6) is 1.03. The Labute approximate surface area is 75.9 Å². The van der Waals surface area contributed by atoms with Crippen molar-refractivity contribution in [2.75, 3.05) is 0 Å². The van der Waals surface area contributed by atoms with E-state index in [0.717, 1.165) is 18.0 Å². The van der Waals surface area contributed by atoms with E-state index in [1.165, 1.54) is 44.9 Å². The van der Waals surface area contributed by atoms with Crippen molar-refractivity contribution in [3.8, 4) is 0 Å². The summed E-state index contributed by atoms with van der Waals surface area (Å²) >= 11 is 0. The molecule has 1 N–H and O–H groups in total. The molecule has 1 atom stereocenters. The predicted molar refractivity (Wildman–Crippen MR) is 52.2 cm³/mol. The van der Waals surface area contributed by atoms with Crippen LogP contribution in [-0.4, -0.2) is 12.1 Å². The summed E-state index contributed by atoms with van der Waals surface area (Å²) in [6.45, 7) is 2.31. The molecule has 1 nitrogen and oxygen atoms in total. The standard InChI is InChI=1S/C11H21N/c1-2-4-11(9-5-3-6-9)12-10-7-8-10/h9-12H,2-8H2,1H3. The van der Waals surface area contributed by atoms with E-state index in [2.05, 4.69) is 12.2 Å². The van der Waals surface area contributed by atoms with Crippen LogP contribution in [0.1, 0.15) is 51.9 Å². The van der Waals surface area contributed by atoms with E-state index in [-0.39, 0.29) is 0 Å². The molecule has 12 heavy (non-hydrogen) atoms. The molecule has 0 heterocycles. The van der Waals surface area contributed by atoms with Crippen LogP contribution in [0.25, 0.3) is 0 Å². The summed E-state index contributed by atoms with van der Waals surface area (Å²) in [5.41, 5.74) is 0. The molecule has 0 aromatic carbocycles. The number of rotatable bonds is 5. The molecule has 0 aromatic heterocycles. The Morgan fingerprint density at radius 1 is 1.25 bits per heavy atom. The van der Waals surface area contributed by atoms with Crippen molar-refractivity contribution in [1.29, 1.82) is 0 Å². The first-order valence-corrected chi connectivity index (χ1v) is 5.66. The fourth-order valence-corrected chi connectivity index (χ4v) is 2.16. The van der Waals surface area contributed by atoms with Crippen molar-refractivity contribution in [2.45, 2.75) is 64.0 Å². The second-order valence-corrected chi connectivity index (χ2v) is 4.53. The molecule has 1 unspecified atom stereocenters. The maximum Gasteiger partial charge on any atom is 0.00978 e. The van der Waals surface area contributed by atoms with E-state index in [9.17, 15) is 0 Å². The smallest absolute Gasteiger partial charge is 0.00978 e. The number of hydrogen-bond acceptors (Lipinski definition) is 1. The zero-order valence-electron chi connectivity index (χ0n) is 8.18. The van der Waals surface area contributed by atoms with E-state index >= 15 is 0 Å². The van der Waals surface area contributed by atoms with Crippen LogP contribution in [0.5, 0.6) is 0 Å². The minimum absolute atomic E-state index is 0.872. The normalized spacial score (nSPS) is 26.8. The quantitative estimate of drug-likeness (QED) is 0.664. The summed E-state index contributed by atoms with van der Waals surface area (Å²) < 4.78 is 0. The molecule has 2 fully saturated rings. The molecule has 0 amide bonds. The van der Waals surface area contributed by atoms with E-state index in [1.54, 1.807) is 0 Å². The predicted octanol–water partition coefficient (Wildman–Crippen LogP) is 2.71. The van der Waals surface area contributed by atoms with E-state index in [4.69, 9.17) is 0 Å². The third-order valence-electron chi connectivity index (χ3n) is 3.35. The van der Waals surface area contributed by atoms with Gasteiger partial charge >= 0.3 is 0 Å². The van der Waals surface area contributed by atoms with Crippen LogP contribution in [0.4, 0.5) is 0 Å². The van der Waals surface area contributed by atoms with Crippen molar-refractivity contribution in [3.63, 3.8) is 0 Å². The molecule has 0 saturated heterocycles. The SMILES string of the molecule is CCCC(NC1CC1)C1CCC1. The molecule has 2 saturated carbocycles. The van der Waals surface area contributed by atoms with Gasteiger partial charge in [0, 0.05) is 12.1 Å². The number of nitrogens with one attached hydrogen (secondary N) is 1. The lowest BCUT2D eigenvalue weighted by Crippen LogP contribution is -2.40. The van der Waals surface area contributed by atoms with Crippen LogP contribution >= 0.6 is 0 Å². The van der Waals surface area contributed by atoms with Crippen molar-refractivity contribution in [1.82, 2.24) is 5.32 Å². The van der Waals surface area contributed by atoms with Gasteiger partial charge in [0.05, 0.1) is 0 Å². The average molecular weight is 167 g/mol. The van der Waals surface area contributed by atoms with Crippen molar-refractivity contribution in [3.05, 3.63) is 0 Å². The fraction of sp³-hybridized carbons (Fsp3) is 1.00. The average Bonchev–Trinajstić information content (AvgIpc) is 2.68. The van der Waals surface area contributed by atoms with Crippen molar-refractivity contribution >= 4 is 0 Å². The van der Waals surface area contributed by atoms with E-state index in [0.29, 0.717) is 0 Å². The first-order valence-electron chi connectivity index (χ1n) is 5.66. The molecule has 2 aliphatic carbocycles. The maximum atomic E-state index is 3.79. The zero-order chi connectivity index (χ0) is 8.39. The lowest BCUT2D eigenvalue weighted by atomic mass is 9.78. The third kappa shape index (κ3) is 2.01. The van der Waals surface area contributed by atoms with Gasteiger partial charge in [-0.05, 0) is 38.0 Å². The zero-order valence-corrected chi connectivity index (χ0v) is 8.18. The van der Waals surface area contributed by atoms with Gasteiger partial charge in [0.2, 0.25) is 0 Å². The van der Waals surface area contributed by atoms with Gasteiger partial charge in [-0.2, -0.15) is 0 Å². The van der Waals surface area contributed by atoms with Crippen LogP contribution in [0.15, 0.2) is 0 Å². The summed E-state index contributed by atoms with van der Waals surface area (Å²) in [5, 5.41) is 3.79. The third-order valence-corrected chi connectivity index (χ3v) is 3.35. The molecule has 2 aliphatic rings. The molecule has 0 aliphatic heterocycles. The summed E-state index contributed by atoms with van der Waals surface area (Å²) in [6.07, 6.45) is 10.1. The molecular weight excluding hydrogens is 146 g/mol. The first kappa shape index (κ1) is 8.55. The second-order valence-electron chi connectivity index (χ2n) is 4.53. The first-order chi connectivity index (χ1) is 5.90. The Bertz CT molecular complexity index is 136. The highest BCUT2D eigenvalue weighted by Gasteiger charge is 2.31. The molecule has 2 rings (SSSR count). The van der Waals surface area contributed by atoms with Gasteiger partial charge in [-0.25, -0.2) is 0 Å². The minimum atomic E-state index is 0.872. The lowest BCUT2D eigenvalue weighted by Gasteiger charge is -2.34. The summed E-state index contributed by atoms with van der Waals surface area (Å²) in [6, 6.07) is 1.78. The van der Waals surface area contributed by atoms with Gasteiger partial charge in [0.15, 0.2) is 0 Å². The number of hydrogen-bond donors (Lipinski definition) is 1. The van der Waals surface area contributed by atoms with Crippen LogP contribution in [-0.2, 0) is 0 Å². The molecular formula is C11H21N. The van der Waals surface area contributed by atoms with Crippen LogP contribution < -0.4 is 5.32 Å². The van der Waals surface area contributed by atoms with Gasteiger partial charge < -0.3 is 5.32 Å². The van der Waals surface area contributed by atoms with Crippen LogP contribution in [0.3, 0.4) is 0 Å². The minimum Gasteiger partial charge on any atom is -0.311 e. The monoisotopic (exact) mass is 167 g/mol. The highest BCUT2D eigenvalue weighted by atomic mass is 15.0. The Morgan fingerprint density at radius 3 is 2.42 bits per heavy atom. The molecule has 0 radical (unpaired) electrons. The van der Waals surface area contributed by atoms with Gasteiger partial charge in [0.1, 0.15) is 0 Å². The Balaban J connectivity index is 1.74. The van der Waals surface area contributed by atoms with Gasteiger partial charge in [-0.1, -0.05) is 19.8 Å². The fourth-order valence-electron chi connectivity index (χ4n) is 2.16.